The molecule has 1 saturated carbocycles. The van der Waals surface area contributed by atoms with Gasteiger partial charge in [-0.05, 0) is 19.3 Å². The molecule has 7 nitrogen and oxygen atoms in total. The quantitative estimate of drug-likeness (QED) is 0.842. The fourth-order valence-corrected chi connectivity index (χ4v) is 5.60. The van der Waals surface area contributed by atoms with Crippen molar-refractivity contribution in [3.05, 3.63) is 26.6 Å². The van der Waals surface area contributed by atoms with Crippen LogP contribution in [0.1, 0.15) is 62.1 Å². The molecular formula is C15H22N4O3S2. The van der Waals surface area contributed by atoms with E-state index in [0.29, 0.717) is 24.6 Å². The minimum Gasteiger partial charge on any atom is -0.266 e. The summed E-state index contributed by atoms with van der Waals surface area (Å²) in [4.78, 5) is 16.2. The lowest BCUT2D eigenvalue weighted by Crippen LogP contribution is -2.21. The van der Waals surface area contributed by atoms with Crippen LogP contribution in [0.15, 0.2) is 15.3 Å². The first kappa shape index (κ1) is 17.3. The predicted octanol–water partition coefficient (Wildman–Crippen LogP) is 2.46. The zero-order valence-corrected chi connectivity index (χ0v) is 15.3. The monoisotopic (exact) mass is 370 g/mol. The molecule has 9 heteroatoms. The zero-order chi connectivity index (χ0) is 17.2. The molecule has 24 heavy (non-hydrogen) atoms. The number of hydrogen-bond acceptors (Lipinski definition) is 6. The third-order valence-corrected chi connectivity index (χ3v) is 6.91. The van der Waals surface area contributed by atoms with Gasteiger partial charge in [0.15, 0.2) is 0 Å². The number of aromatic nitrogens is 4. The molecule has 3 rings (SSSR count). The highest BCUT2D eigenvalue weighted by Gasteiger charge is 2.26. The lowest BCUT2D eigenvalue weighted by molar-refractivity contribution is 0.442. The molecule has 0 spiro atoms. The molecule has 1 fully saturated rings. The first-order valence-electron chi connectivity index (χ1n) is 8.33. The van der Waals surface area contributed by atoms with Gasteiger partial charge in [0.2, 0.25) is 9.84 Å². The largest absolute Gasteiger partial charge is 0.344 e. The van der Waals surface area contributed by atoms with Gasteiger partial charge in [-0.3, -0.25) is 4.57 Å². The van der Waals surface area contributed by atoms with Crippen LogP contribution in [-0.4, -0.2) is 28.2 Å². The average molecular weight is 371 g/mol. The second kappa shape index (κ2) is 7.18. The van der Waals surface area contributed by atoms with Gasteiger partial charge in [-0.25, -0.2) is 23.3 Å². The molecule has 0 aliphatic heterocycles. The maximum Gasteiger partial charge on any atom is 0.344 e. The second-order valence-corrected chi connectivity index (χ2v) is 9.01. The van der Waals surface area contributed by atoms with Crippen molar-refractivity contribution in [3.8, 4) is 0 Å². The van der Waals surface area contributed by atoms with E-state index < -0.39 is 15.5 Å². The SMILES string of the molecule is CCCn1c(S(=O)(=O)Cc2csc(C3CCCCC3)n2)n[nH]c1=O. The van der Waals surface area contributed by atoms with E-state index in [1.807, 2.05) is 12.3 Å². The smallest absolute Gasteiger partial charge is 0.266 e. The van der Waals surface area contributed by atoms with Crippen molar-refractivity contribution in [3.63, 3.8) is 0 Å². The number of nitrogens with one attached hydrogen (secondary N) is 1. The van der Waals surface area contributed by atoms with E-state index in [4.69, 9.17) is 0 Å². The molecule has 0 bridgehead atoms. The molecule has 2 aromatic heterocycles. The number of nitrogens with zero attached hydrogens (tertiary/aromatic N) is 3. The number of H-pyrrole nitrogens is 1. The molecule has 0 unspecified atom stereocenters. The van der Waals surface area contributed by atoms with Crippen LogP contribution in [0.2, 0.25) is 0 Å². The minimum absolute atomic E-state index is 0.193. The van der Waals surface area contributed by atoms with Gasteiger partial charge in [0, 0.05) is 17.8 Å². The number of rotatable bonds is 6. The summed E-state index contributed by atoms with van der Waals surface area (Å²) in [6.07, 6.45) is 6.63. The number of hydrogen-bond donors (Lipinski definition) is 1. The van der Waals surface area contributed by atoms with Crippen LogP contribution in [0.5, 0.6) is 0 Å². The van der Waals surface area contributed by atoms with Crippen LogP contribution in [-0.2, 0) is 22.1 Å². The van der Waals surface area contributed by atoms with E-state index in [2.05, 4.69) is 15.2 Å². The van der Waals surface area contributed by atoms with Crippen molar-refractivity contribution in [2.45, 2.75) is 68.8 Å². The summed E-state index contributed by atoms with van der Waals surface area (Å²) in [7, 11) is -3.70. The Bertz CT molecular complexity index is 844. The summed E-state index contributed by atoms with van der Waals surface area (Å²) in [6.45, 7) is 2.21. The Hall–Kier alpha value is -1.48. The number of thiazole rings is 1. The maximum absolute atomic E-state index is 12.6. The third kappa shape index (κ3) is 3.61. The molecule has 1 aliphatic rings. The lowest BCUT2D eigenvalue weighted by Gasteiger charge is -2.18. The molecule has 2 aromatic rings. The van der Waals surface area contributed by atoms with E-state index in [1.54, 1.807) is 0 Å². The van der Waals surface area contributed by atoms with Crippen LogP contribution >= 0.6 is 11.3 Å². The standard InChI is InChI=1S/C15H22N4O3S2/c1-2-8-19-14(20)17-18-15(19)24(21,22)10-12-9-23-13(16-12)11-6-4-3-5-7-11/h9,11H,2-8,10H2,1H3,(H,17,20). The van der Waals surface area contributed by atoms with Crippen molar-refractivity contribution in [2.24, 2.45) is 0 Å². The van der Waals surface area contributed by atoms with E-state index in [0.717, 1.165) is 17.8 Å². The van der Waals surface area contributed by atoms with Crippen LogP contribution in [0, 0.1) is 0 Å². The molecule has 1 N–H and O–H groups in total. The first-order chi connectivity index (χ1) is 11.5. The topological polar surface area (TPSA) is 97.7 Å². The van der Waals surface area contributed by atoms with Gasteiger partial charge in [-0.15, -0.1) is 16.4 Å². The van der Waals surface area contributed by atoms with Crippen LogP contribution in [0.3, 0.4) is 0 Å². The summed E-state index contributed by atoms with van der Waals surface area (Å²) in [5, 5.41) is 8.60. The molecule has 132 valence electrons. The molecule has 1 aliphatic carbocycles. The predicted molar refractivity (Wildman–Crippen MR) is 92.0 cm³/mol. The second-order valence-electron chi connectivity index (χ2n) is 6.23. The summed E-state index contributed by atoms with van der Waals surface area (Å²) < 4.78 is 26.4. The molecule has 0 atom stereocenters. The van der Waals surface area contributed by atoms with Crippen LogP contribution in [0.25, 0.3) is 0 Å². The molecular weight excluding hydrogens is 348 g/mol. The number of aromatic amines is 1. The molecule has 0 amide bonds. The zero-order valence-electron chi connectivity index (χ0n) is 13.7. The van der Waals surface area contributed by atoms with Gasteiger partial charge in [0.05, 0.1) is 10.7 Å². The highest BCUT2D eigenvalue weighted by molar-refractivity contribution is 7.90. The van der Waals surface area contributed by atoms with Crippen molar-refractivity contribution in [1.29, 1.82) is 0 Å². The Morgan fingerprint density at radius 3 is 2.79 bits per heavy atom. The molecule has 2 heterocycles. The van der Waals surface area contributed by atoms with Gasteiger partial charge >= 0.3 is 5.69 Å². The summed E-state index contributed by atoms with van der Waals surface area (Å²) in [6, 6.07) is 0. The fraction of sp³-hybridized carbons (Fsp3) is 0.667. The van der Waals surface area contributed by atoms with Gasteiger partial charge in [0.25, 0.3) is 5.16 Å². The van der Waals surface area contributed by atoms with Gasteiger partial charge in [-0.2, -0.15) is 0 Å². The Morgan fingerprint density at radius 2 is 2.08 bits per heavy atom. The summed E-state index contributed by atoms with van der Waals surface area (Å²) in [5.74, 6) is 0.244. The van der Waals surface area contributed by atoms with E-state index in [-0.39, 0.29) is 10.9 Å². The molecule has 0 saturated heterocycles. The Kier molecular flexibility index (Phi) is 5.19. The highest BCUT2D eigenvalue weighted by atomic mass is 32.2. The van der Waals surface area contributed by atoms with Crippen LogP contribution < -0.4 is 5.69 Å². The van der Waals surface area contributed by atoms with Gasteiger partial charge in [0.1, 0.15) is 5.75 Å². The minimum atomic E-state index is -3.70. The maximum atomic E-state index is 12.6. The Balaban J connectivity index is 1.80. The molecule has 0 radical (unpaired) electrons. The van der Waals surface area contributed by atoms with Crippen molar-refractivity contribution < 1.29 is 8.42 Å². The lowest BCUT2D eigenvalue weighted by atomic mass is 9.90. The van der Waals surface area contributed by atoms with Crippen molar-refractivity contribution in [2.75, 3.05) is 0 Å². The van der Waals surface area contributed by atoms with E-state index in [1.165, 1.54) is 35.2 Å². The van der Waals surface area contributed by atoms with Gasteiger partial charge in [-0.1, -0.05) is 26.2 Å². The third-order valence-electron chi connectivity index (χ3n) is 4.31. The normalized spacial score (nSPS) is 16.5. The van der Waals surface area contributed by atoms with Crippen molar-refractivity contribution in [1.82, 2.24) is 19.7 Å². The summed E-state index contributed by atoms with van der Waals surface area (Å²) >= 11 is 1.54. The average Bonchev–Trinajstić information content (AvgIpc) is 3.16. The van der Waals surface area contributed by atoms with E-state index in [9.17, 15) is 13.2 Å². The van der Waals surface area contributed by atoms with Crippen LogP contribution in [0.4, 0.5) is 0 Å². The van der Waals surface area contributed by atoms with Crippen molar-refractivity contribution >= 4 is 21.2 Å². The Labute approximate surface area is 145 Å². The molecule has 0 aromatic carbocycles. The Morgan fingerprint density at radius 1 is 1.33 bits per heavy atom. The van der Waals surface area contributed by atoms with E-state index >= 15 is 0 Å². The van der Waals surface area contributed by atoms with Gasteiger partial charge < -0.3 is 0 Å². The first-order valence-corrected chi connectivity index (χ1v) is 10.9. The fourth-order valence-electron chi connectivity index (χ4n) is 3.15. The highest BCUT2D eigenvalue weighted by Crippen LogP contribution is 2.34. The number of sulfone groups is 1. The summed E-state index contributed by atoms with van der Waals surface area (Å²) in [5.41, 5.74) is 0.0515.